The molecular weight excluding hydrogens is 416 g/mol. The van der Waals surface area contributed by atoms with Crippen LogP contribution in [-0.4, -0.2) is 69.1 Å². The van der Waals surface area contributed by atoms with Crippen LogP contribution in [0.5, 0.6) is 0 Å². The second kappa shape index (κ2) is 9.00. The van der Waals surface area contributed by atoms with E-state index in [0.29, 0.717) is 12.1 Å². The summed E-state index contributed by atoms with van der Waals surface area (Å²) in [5.41, 5.74) is 3.77. The summed E-state index contributed by atoms with van der Waals surface area (Å²) in [5, 5.41) is 3.76. The Labute approximate surface area is 193 Å². The van der Waals surface area contributed by atoms with E-state index in [1.165, 1.54) is 16.8 Å². The molecule has 0 aliphatic carbocycles. The van der Waals surface area contributed by atoms with Gasteiger partial charge in [0.1, 0.15) is 11.1 Å². The highest BCUT2D eigenvalue weighted by Gasteiger charge is 2.27. The zero-order valence-electron chi connectivity index (χ0n) is 19.2. The third kappa shape index (κ3) is 4.38. The molecule has 172 valence electrons. The fourth-order valence-corrected chi connectivity index (χ4v) is 4.89. The molecule has 1 amide bonds. The lowest BCUT2D eigenvalue weighted by molar-refractivity contribution is 0.0883. The summed E-state index contributed by atoms with van der Waals surface area (Å²) in [5.74, 6) is -0.394. The number of hydrogen-bond donors (Lipinski definition) is 1. The van der Waals surface area contributed by atoms with Crippen LogP contribution in [-0.2, 0) is 6.42 Å². The number of rotatable bonds is 5. The van der Waals surface area contributed by atoms with Crippen molar-refractivity contribution in [2.24, 2.45) is 0 Å². The number of anilines is 1. The molecule has 3 aromatic rings. The third-order valence-electron chi connectivity index (χ3n) is 6.94. The SMILES string of the molecule is CN1CCN([C@H](CNC(=O)c2cc3ccccc3oc2=O)c2ccc3c(c2)CCN3C)CC1. The summed E-state index contributed by atoms with van der Waals surface area (Å²) >= 11 is 0. The van der Waals surface area contributed by atoms with E-state index >= 15 is 0 Å². The Morgan fingerprint density at radius 3 is 2.64 bits per heavy atom. The number of nitrogens with one attached hydrogen (secondary N) is 1. The molecule has 1 N–H and O–H groups in total. The summed E-state index contributed by atoms with van der Waals surface area (Å²) in [6.07, 6.45) is 1.04. The minimum atomic E-state index is -0.608. The monoisotopic (exact) mass is 446 g/mol. The van der Waals surface area contributed by atoms with Gasteiger partial charge >= 0.3 is 5.63 Å². The van der Waals surface area contributed by atoms with Crippen LogP contribution in [0.3, 0.4) is 0 Å². The van der Waals surface area contributed by atoms with Crippen molar-refractivity contribution in [1.29, 1.82) is 0 Å². The van der Waals surface area contributed by atoms with Crippen LogP contribution < -0.4 is 15.8 Å². The molecule has 0 unspecified atom stereocenters. The van der Waals surface area contributed by atoms with Gasteiger partial charge in [-0.25, -0.2) is 4.79 Å². The Bertz CT molecular complexity index is 1230. The maximum Gasteiger partial charge on any atom is 0.349 e. The molecule has 0 bridgehead atoms. The first-order valence-electron chi connectivity index (χ1n) is 11.6. The fraction of sp³-hybridized carbons (Fsp3) is 0.385. The average Bonchev–Trinajstić information content (AvgIpc) is 3.20. The number of nitrogens with zero attached hydrogens (tertiary/aromatic N) is 3. The van der Waals surface area contributed by atoms with Gasteiger partial charge in [-0.3, -0.25) is 9.69 Å². The Morgan fingerprint density at radius 2 is 1.82 bits per heavy atom. The molecule has 5 rings (SSSR count). The van der Waals surface area contributed by atoms with Crippen LogP contribution in [0.15, 0.2) is 57.7 Å². The van der Waals surface area contributed by atoms with Crippen LogP contribution in [0, 0.1) is 0 Å². The van der Waals surface area contributed by atoms with E-state index in [9.17, 15) is 9.59 Å². The molecule has 2 aromatic carbocycles. The average molecular weight is 447 g/mol. The lowest BCUT2D eigenvalue weighted by atomic mass is 10.00. The Balaban J connectivity index is 1.39. The first-order chi connectivity index (χ1) is 16.0. The highest BCUT2D eigenvalue weighted by Crippen LogP contribution is 2.31. The number of likely N-dealkylation sites (N-methyl/N-ethyl adjacent to an activating group) is 2. The Hall–Kier alpha value is -3.16. The van der Waals surface area contributed by atoms with Gasteiger partial charge in [0.2, 0.25) is 0 Å². The smallest absolute Gasteiger partial charge is 0.349 e. The number of para-hydroxylation sites is 1. The standard InChI is InChI=1S/C26H30N4O3/c1-28-11-13-30(14-12-28)23(18-7-8-22-19(15-18)9-10-29(22)2)17-27-25(31)21-16-20-5-3-4-6-24(20)33-26(21)32/h3-8,15-16,23H,9-14,17H2,1-2H3,(H,27,31)/t23-/m1/s1. The van der Waals surface area contributed by atoms with Gasteiger partial charge in [-0.1, -0.05) is 30.3 Å². The summed E-state index contributed by atoms with van der Waals surface area (Å²) < 4.78 is 5.36. The molecule has 1 fully saturated rings. The van der Waals surface area contributed by atoms with E-state index in [2.05, 4.69) is 52.3 Å². The van der Waals surface area contributed by atoms with Crippen molar-refractivity contribution in [3.05, 3.63) is 75.6 Å². The summed E-state index contributed by atoms with van der Waals surface area (Å²) in [7, 11) is 4.26. The van der Waals surface area contributed by atoms with Gasteiger partial charge in [0, 0.05) is 57.4 Å². The van der Waals surface area contributed by atoms with Gasteiger partial charge in [0.25, 0.3) is 5.91 Å². The molecule has 1 atom stereocenters. The molecule has 0 saturated carbocycles. The van der Waals surface area contributed by atoms with Crippen molar-refractivity contribution in [2.45, 2.75) is 12.5 Å². The molecule has 0 radical (unpaired) electrons. The van der Waals surface area contributed by atoms with Crippen molar-refractivity contribution in [1.82, 2.24) is 15.1 Å². The normalized spacial score (nSPS) is 17.8. The fourth-order valence-electron chi connectivity index (χ4n) is 4.89. The minimum Gasteiger partial charge on any atom is -0.422 e. The van der Waals surface area contributed by atoms with Gasteiger partial charge in [-0.2, -0.15) is 0 Å². The van der Waals surface area contributed by atoms with Crippen LogP contribution in [0.1, 0.15) is 27.5 Å². The van der Waals surface area contributed by atoms with E-state index in [1.54, 1.807) is 18.2 Å². The molecule has 2 aliphatic rings. The van der Waals surface area contributed by atoms with Gasteiger partial charge in [-0.05, 0) is 42.8 Å². The van der Waals surface area contributed by atoms with Crippen LogP contribution in [0.2, 0.25) is 0 Å². The van der Waals surface area contributed by atoms with Crippen molar-refractivity contribution in [2.75, 3.05) is 58.3 Å². The van der Waals surface area contributed by atoms with Crippen LogP contribution >= 0.6 is 0 Å². The second-order valence-electron chi connectivity index (χ2n) is 9.11. The topological polar surface area (TPSA) is 69.0 Å². The lowest BCUT2D eigenvalue weighted by Crippen LogP contribution is -2.48. The summed E-state index contributed by atoms with van der Waals surface area (Å²) in [4.78, 5) is 32.5. The number of amides is 1. The van der Waals surface area contributed by atoms with E-state index < -0.39 is 11.5 Å². The first-order valence-corrected chi connectivity index (χ1v) is 11.6. The highest BCUT2D eigenvalue weighted by atomic mass is 16.4. The zero-order valence-corrected chi connectivity index (χ0v) is 19.2. The second-order valence-corrected chi connectivity index (χ2v) is 9.11. The van der Waals surface area contributed by atoms with E-state index in [0.717, 1.165) is 44.5 Å². The lowest BCUT2D eigenvalue weighted by Gasteiger charge is -2.38. The predicted molar refractivity (Wildman–Crippen MR) is 130 cm³/mol. The van der Waals surface area contributed by atoms with Crippen LogP contribution in [0.25, 0.3) is 11.0 Å². The molecule has 33 heavy (non-hydrogen) atoms. The zero-order chi connectivity index (χ0) is 22.9. The summed E-state index contributed by atoms with van der Waals surface area (Å²) in [6.45, 7) is 5.33. The first kappa shape index (κ1) is 21.7. The van der Waals surface area contributed by atoms with Gasteiger partial charge in [-0.15, -0.1) is 0 Å². The number of hydrogen-bond acceptors (Lipinski definition) is 6. The van der Waals surface area contributed by atoms with Gasteiger partial charge in [0.05, 0.1) is 6.04 Å². The number of carbonyl (C=O) groups is 1. The quantitative estimate of drug-likeness (QED) is 0.608. The predicted octanol–water partition coefficient (Wildman–Crippen LogP) is 2.50. The maximum atomic E-state index is 13.0. The number of carbonyl (C=O) groups excluding carboxylic acids is 1. The van der Waals surface area contributed by atoms with Crippen molar-refractivity contribution in [3.8, 4) is 0 Å². The third-order valence-corrected chi connectivity index (χ3v) is 6.94. The largest absolute Gasteiger partial charge is 0.422 e. The van der Waals surface area contributed by atoms with Crippen molar-refractivity contribution < 1.29 is 9.21 Å². The molecular formula is C26H30N4O3. The molecule has 2 aliphatic heterocycles. The molecule has 1 saturated heterocycles. The molecule has 7 heteroatoms. The van der Waals surface area contributed by atoms with Gasteiger partial charge < -0.3 is 19.5 Å². The molecule has 7 nitrogen and oxygen atoms in total. The van der Waals surface area contributed by atoms with E-state index in [4.69, 9.17) is 4.42 Å². The van der Waals surface area contributed by atoms with Crippen molar-refractivity contribution in [3.63, 3.8) is 0 Å². The number of fused-ring (bicyclic) bond motifs is 2. The minimum absolute atomic E-state index is 0.0430. The number of piperazine rings is 1. The van der Waals surface area contributed by atoms with E-state index in [-0.39, 0.29) is 11.6 Å². The number of benzene rings is 2. The Morgan fingerprint density at radius 1 is 1.03 bits per heavy atom. The molecule has 0 spiro atoms. The molecule has 1 aromatic heterocycles. The molecule has 3 heterocycles. The summed E-state index contributed by atoms with van der Waals surface area (Å²) in [6, 6.07) is 15.6. The van der Waals surface area contributed by atoms with Crippen LogP contribution in [0.4, 0.5) is 5.69 Å². The maximum absolute atomic E-state index is 13.0. The van der Waals surface area contributed by atoms with Gasteiger partial charge in [0.15, 0.2) is 0 Å². The van der Waals surface area contributed by atoms with E-state index in [1.807, 2.05) is 12.1 Å². The Kier molecular flexibility index (Phi) is 5.91. The highest BCUT2D eigenvalue weighted by molar-refractivity contribution is 5.96. The van der Waals surface area contributed by atoms with Crippen molar-refractivity contribution >= 4 is 22.6 Å².